The van der Waals surface area contributed by atoms with Gasteiger partial charge in [0.25, 0.3) is 0 Å². The van der Waals surface area contributed by atoms with Crippen molar-refractivity contribution in [2.45, 2.75) is 38.3 Å². The zero-order chi connectivity index (χ0) is 29.0. The van der Waals surface area contributed by atoms with Gasteiger partial charge in [0.15, 0.2) is 0 Å². The summed E-state index contributed by atoms with van der Waals surface area (Å²) in [5.41, 5.74) is 3.33. The molecule has 0 spiro atoms. The van der Waals surface area contributed by atoms with Crippen molar-refractivity contribution in [3.8, 4) is 6.01 Å². The molecule has 7 rings (SSSR count). The number of hydrogen-bond donors (Lipinski definition) is 0. The van der Waals surface area contributed by atoms with Gasteiger partial charge in [-0.25, -0.2) is 5.06 Å². The Bertz CT molecular complexity index is 1500. The summed E-state index contributed by atoms with van der Waals surface area (Å²) in [7, 11) is 5.40. The number of piperidine rings is 1. The number of ether oxygens (including phenoxy) is 1. The molecule has 3 fully saturated rings. The Balaban J connectivity index is 1.19. The summed E-state index contributed by atoms with van der Waals surface area (Å²) in [6, 6.07) is 13.3. The van der Waals surface area contributed by atoms with E-state index in [1.54, 1.807) is 14.2 Å². The number of carbonyl (C=O) groups is 1. The number of halogens is 1. The average molecular weight is 591 g/mol. The highest BCUT2D eigenvalue weighted by molar-refractivity contribution is 6.36. The van der Waals surface area contributed by atoms with Crippen LogP contribution in [0.3, 0.4) is 0 Å². The van der Waals surface area contributed by atoms with Crippen molar-refractivity contribution in [3.05, 3.63) is 52.7 Å². The van der Waals surface area contributed by atoms with Gasteiger partial charge in [-0.15, -0.1) is 0 Å². The summed E-state index contributed by atoms with van der Waals surface area (Å²) in [5.74, 6) is 1.82. The summed E-state index contributed by atoms with van der Waals surface area (Å²) >= 11 is 6.71. The Morgan fingerprint density at radius 3 is 2.69 bits per heavy atom. The van der Waals surface area contributed by atoms with Gasteiger partial charge in [0.05, 0.1) is 24.4 Å². The van der Waals surface area contributed by atoms with Crippen LogP contribution in [0.2, 0.25) is 5.02 Å². The Hall–Kier alpha value is -3.14. The van der Waals surface area contributed by atoms with Gasteiger partial charge in [-0.1, -0.05) is 35.9 Å². The van der Waals surface area contributed by atoms with E-state index in [0.717, 1.165) is 78.4 Å². The molecule has 1 amide bonds. The monoisotopic (exact) mass is 590 g/mol. The van der Waals surface area contributed by atoms with Crippen LogP contribution in [0.5, 0.6) is 6.01 Å². The molecule has 1 aliphatic carbocycles. The SMILES string of the molecule is CON(C)C(=O)[C@H]1[C@@H]2CCN(c3nc(OC[C@@H]4CCCN4C)nc4c3CCN(c3cccc5cccc(Cl)c35)C4)C[C@@H]21. The molecule has 9 nitrogen and oxygen atoms in total. The normalized spacial score (nSPS) is 25.3. The van der Waals surface area contributed by atoms with E-state index < -0.39 is 0 Å². The minimum atomic E-state index is 0.0258. The lowest BCUT2D eigenvalue weighted by Crippen LogP contribution is -2.37. The van der Waals surface area contributed by atoms with Crippen LogP contribution in [-0.2, 0) is 22.6 Å². The third-order valence-corrected chi connectivity index (χ3v) is 10.3. The molecule has 1 saturated carbocycles. The Kier molecular flexibility index (Phi) is 7.36. The number of aromatic nitrogens is 2. The van der Waals surface area contributed by atoms with Crippen molar-refractivity contribution in [1.82, 2.24) is 19.9 Å². The highest BCUT2D eigenvalue weighted by Gasteiger charge is 2.57. The second kappa shape index (κ2) is 11.2. The number of anilines is 2. The zero-order valence-electron chi connectivity index (χ0n) is 24.6. The van der Waals surface area contributed by atoms with Crippen molar-refractivity contribution in [2.75, 3.05) is 63.8 Å². The molecule has 3 aromatic rings. The van der Waals surface area contributed by atoms with Gasteiger partial charge in [0, 0.05) is 55.3 Å². The molecule has 42 heavy (non-hydrogen) atoms. The molecule has 2 aromatic carbocycles. The summed E-state index contributed by atoms with van der Waals surface area (Å²) in [6.07, 6.45) is 4.12. The first kappa shape index (κ1) is 27.7. The fourth-order valence-electron chi connectivity index (χ4n) is 7.42. The average Bonchev–Trinajstić information content (AvgIpc) is 3.59. The highest BCUT2D eigenvalue weighted by Crippen LogP contribution is 2.53. The molecule has 0 N–H and O–H groups in total. The maximum Gasteiger partial charge on any atom is 0.318 e. The predicted octanol–water partition coefficient (Wildman–Crippen LogP) is 4.41. The summed E-state index contributed by atoms with van der Waals surface area (Å²) in [4.78, 5) is 35.2. The topological polar surface area (TPSA) is 74.3 Å². The third-order valence-electron chi connectivity index (χ3n) is 9.94. The number of rotatable bonds is 7. The number of nitrogens with zero attached hydrogens (tertiary/aromatic N) is 6. The van der Waals surface area contributed by atoms with Gasteiger partial charge in [-0.2, -0.15) is 9.97 Å². The minimum Gasteiger partial charge on any atom is -0.462 e. The van der Waals surface area contributed by atoms with Gasteiger partial charge in [-0.05, 0) is 68.6 Å². The Morgan fingerprint density at radius 2 is 1.90 bits per heavy atom. The molecular formula is C32H39ClN6O3. The lowest BCUT2D eigenvalue weighted by atomic mass is 10.0. The fraction of sp³-hybridized carbons (Fsp3) is 0.531. The van der Waals surface area contributed by atoms with Crippen molar-refractivity contribution < 1.29 is 14.4 Å². The van der Waals surface area contributed by atoms with Crippen LogP contribution in [0, 0.1) is 17.8 Å². The van der Waals surface area contributed by atoms with E-state index in [2.05, 4.69) is 46.0 Å². The molecule has 0 unspecified atom stereocenters. The molecule has 3 aliphatic heterocycles. The van der Waals surface area contributed by atoms with Crippen LogP contribution in [-0.4, -0.2) is 85.9 Å². The molecule has 0 radical (unpaired) electrons. The van der Waals surface area contributed by atoms with E-state index in [1.807, 2.05) is 12.1 Å². The van der Waals surface area contributed by atoms with E-state index in [4.69, 9.17) is 31.1 Å². The first-order chi connectivity index (χ1) is 20.4. The maximum atomic E-state index is 12.9. The molecule has 4 atom stereocenters. The number of benzene rings is 2. The van der Waals surface area contributed by atoms with Gasteiger partial charge in [0.1, 0.15) is 12.4 Å². The van der Waals surface area contributed by atoms with Gasteiger partial charge in [-0.3, -0.25) is 9.63 Å². The van der Waals surface area contributed by atoms with Crippen molar-refractivity contribution >= 4 is 39.8 Å². The highest BCUT2D eigenvalue weighted by atomic mass is 35.5. The first-order valence-electron chi connectivity index (χ1n) is 15.1. The number of hydrogen-bond acceptors (Lipinski definition) is 8. The lowest BCUT2D eigenvalue weighted by molar-refractivity contribution is -0.170. The Labute approximate surface area is 252 Å². The molecule has 222 valence electrons. The van der Waals surface area contributed by atoms with Crippen LogP contribution in [0.1, 0.15) is 30.5 Å². The molecule has 10 heteroatoms. The largest absolute Gasteiger partial charge is 0.462 e. The number of hydroxylamine groups is 2. The van der Waals surface area contributed by atoms with Crippen molar-refractivity contribution in [1.29, 1.82) is 0 Å². The fourth-order valence-corrected chi connectivity index (χ4v) is 7.70. The first-order valence-corrected chi connectivity index (χ1v) is 15.5. The number of amides is 1. The number of carbonyl (C=O) groups excluding carboxylic acids is 1. The van der Waals surface area contributed by atoms with Gasteiger partial charge >= 0.3 is 6.01 Å². The summed E-state index contributed by atoms with van der Waals surface area (Å²) in [6.45, 7) is 4.88. The van der Waals surface area contributed by atoms with Crippen LogP contribution < -0.4 is 14.5 Å². The number of fused-ring (bicyclic) bond motifs is 3. The number of likely N-dealkylation sites (N-methyl/N-ethyl adjacent to an activating group) is 1. The molecular weight excluding hydrogens is 552 g/mol. The van der Waals surface area contributed by atoms with Crippen LogP contribution in [0.4, 0.5) is 11.5 Å². The standard InChI is InChI=1S/C32H39ClN6O3/c1-36-14-6-9-21(36)19-42-32-34-26-18-38(27-11-5-8-20-7-4-10-25(33)28(20)27)15-13-23(26)30(35-32)39-16-12-22-24(17-39)29(22)31(40)37(2)41-3/h4-5,7-8,10-11,21-22,24,29H,6,9,12-19H2,1-3H3/t21-,22+,24-,29-/m0/s1. The van der Waals surface area contributed by atoms with E-state index in [-0.39, 0.29) is 11.8 Å². The molecule has 4 aliphatic rings. The van der Waals surface area contributed by atoms with Crippen molar-refractivity contribution in [2.24, 2.45) is 17.8 Å². The number of likely N-dealkylation sites (tertiary alicyclic amines) is 1. The van der Waals surface area contributed by atoms with Crippen LogP contribution in [0.25, 0.3) is 10.8 Å². The second-order valence-electron chi connectivity index (χ2n) is 12.2. The molecule has 0 bridgehead atoms. The summed E-state index contributed by atoms with van der Waals surface area (Å²) in [5, 5.41) is 4.35. The maximum absolute atomic E-state index is 12.9. The Morgan fingerprint density at radius 1 is 1.07 bits per heavy atom. The molecule has 1 aromatic heterocycles. The minimum absolute atomic E-state index is 0.0258. The zero-order valence-corrected chi connectivity index (χ0v) is 25.4. The van der Waals surface area contributed by atoms with E-state index in [0.29, 0.717) is 37.0 Å². The third kappa shape index (κ3) is 4.95. The van der Waals surface area contributed by atoms with Crippen LogP contribution >= 0.6 is 11.6 Å². The quantitative estimate of drug-likeness (QED) is 0.375. The van der Waals surface area contributed by atoms with Crippen LogP contribution in [0.15, 0.2) is 36.4 Å². The van der Waals surface area contributed by atoms with E-state index in [1.165, 1.54) is 17.0 Å². The van der Waals surface area contributed by atoms with E-state index >= 15 is 0 Å². The molecule has 2 saturated heterocycles. The second-order valence-corrected chi connectivity index (χ2v) is 12.6. The van der Waals surface area contributed by atoms with E-state index in [9.17, 15) is 4.79 Å². The predicted molar refractivity (Wildman–Crippen MR) is 164 cm³/mol. The molecule has 4 heterocycles. The van der Waals surface area contributed by atoms with Crippen molar-refractivity contribution in [3.63, 3.8) is 0 Å². The van der Waals surface area contributed by atoms with Gasteiger partial charge < -0.3 is 19.4 Å². The smallest absolute Gasteiger partial charge is 0.318 e. The summed E-state index contributed by atoms with van der Waals surface area (Å²) < 4.78 is 6.32. The van der Waals surface area contributed by atoms with Gasteiger partial charge in [0.2, 0.25) is 5.91 Å². The lowest BCUT2D eigenvalue weighted by Gasteiger charge is -2.35.